The van der Waals surface area contributed by atoms with Crippen LogP contribution in [0.2, 0.25) is 0 Å². The molecule has 0 bridgehead atoms. The fourth-order valence-corrected chi connectivity index (χ4v) is 2.84. The Bertz CT molecular complexity index is 479. The van der Waals surface area contributed by atoms with E-state index in [1.807, 2.05) is 18.2 Å². The van der Waals surface area contributed by atoms with Crippen LogP contribution in [0.15, 0.2) is 27.8 Å². The molecule has 1 heterocycles. The van der Waals surface area contributed by atoms with Gasteiger partial charge < -0.3 is 20.9 Å². The molecule has 0 spiro atoms. The number of anilines is 1. The number of hydrogen-bond donors (Lipinski definition) is 3. The zero-order valence-corrected chi connectivity index (χ0v) is 12.2. The molecule has 1 aromatic carbocycles. The molecule has 104 valence electrons. The van der Waals surface area contributed by atoms with Crippen molar-refractivity contribution in [1.29, 1.82) is 0 Å². The summed E-state index contributed by atoms with van der Waals surface area (Å²) in [5.74, 6) is 0.389. The molecule has 0 saturated carbocycles. The molecule has 0 aromatic heterocycles. The van der Waals surface area contributed by atoms with E-state index in [2.05, 4.69) is 26.0 Å². The zero-order valence-electron chi connectivity index (χ0n) is 10.6. The van der Waals surface area contributed by atoms with Gasteiger partial charge in [-0.15, -0.1) is 0 Å². The molecule has 1 fully saturated rings. The van der Waals surface area contributed by atoms with Gasteiger partial charge in [-0.05, 0) is 37.0 Å². The number of aliphatic hydroxyl groups excluding tert-OH is 1. The number of benzene rings is 1. The summed E-state index contributed by atoms with van der Waals surface area (Å²) in [5, 5.41) is 21.3. The Labute approximate surface area is 120 Å². The molecule has 6 heteroatoms. The van der Waals surface area contributed by atoms with Crippen LogP contribution in [0.4, 0.5) is 5.69 Å². The predicted octanol–water partition coefficient (Wildman–Crippen LogP) is 1.75. The number of rotatable bonds is 3. The van der Waals surface area contributed by atoms with Crippen molar-refractivity contribution in [3.8, 4) is 0 Å². The first-order valence-corrected chi connectivity index (χ1v) is 7.08. The van der Waals surface area contributed by atoms with Gasteiger partial charge in [-0.25, -0.2) is 0 Å². The van der Waals surface area contributed by atoms with E-state index in [0.29, 0.717) is 5.56 Å². The summed E-state index contributed by atoms with van der Waals surface area (Å²) in [5.41, 5.74) is 7.39. The first-order valence-electron chi connectivity index (χ1n) is 6.29. The topological polar surface area (TPSA) is 82.1 Å². The van der Waals surface area contributed by atoms with E-state index in [4.69, 9.17) is 10.9 Å². The van der Waals surface area contributed by atoms with Crippen molar-refractivity contribution < 1.29 is 10.3 Å². The Morgan fingerprint density at radius 2 is 2.32 bits per heavy atom. The Morgan fingerprint density at radius 3 is 3.00 bits per heavy atom. The molecule has 0 amide bonds. The third-order valence-electron chi connectivity index (χ3n) is 3.46. The fraction of sp³-hybridized carbons (Fsp3) is 0.462. The number of oxime groups is 1. The van der Waals surface area contributed by atoms with Gasteiger partial charge in [-0.3, -0.25) is 0 Å². The Hall–Kier alpha value is -1.27. The van der Waals surface area contributed by atoms with Crippen molar-refractivity contribution in [3.63, 3.8) is 0 Å². The Morgan fingerprint density at radius 1 is 1.53 bits per heavy atom. The molecular weight excluding hydrogens is 310 g/mol. The molecule has 2 rings (SSSR count). The molecule has 1 unspecified atom stereocenters. The van der Waals surface area contributed by atoms with Crippen LogP contribution in [0, 0.1) is 5.92 Å². The number of aliphatic hydroxyl groups is 1. The van der Waals surface area contributed by atoms with Gasteiger partial charge in [-0.1, -0.05) is 21.1 Å². The van der Waals surface area contributed by atoms with E-state index in [1.54, 1.807) is 0 Å². The lowest BCUT2D eigenvalue weighted by molar-refractivity contribution is 0.208. The van der Waals surface area contributed by atoms with E-state index >= 15 is 0 Å². The molecule has 1 atom stereocenters. The molecule has 5 nitrogen and oxygen atoms in total. The fourth-order valence-electron chi connectivity index (χ4n) is 2.48. The van der Waals surface area contributed by atoms with Crippen molar-refractivity contribution in [1.82, 2.24) is 0 Å². The van der Waals surface area contributed by atoms with Gasteiger partial charge in [0.2, 0.25) is 0 Å². The van der Waals surface area contributed by atoms with Gasteiger partial charge in [0.05, 0.1) is 0 Å². The van der Waals surface area contributed by atoms with Crippen molar-refractivity contribution in [2.24, 2.45) is 16.8 Å². The standard InChI is InChI=1S/C13H18BrN3O2/c14-10-3-4-12(11(6-10)13(15)16-19)17-5-1-2-9(7-17)8-18/h3-4,6,9,18-19H,1-2,5,7-8H2,(H2,15,16). The molecule has 0 aliphatic carbocycles. The molecule has 0 radical (unpaired) electrons. The lowest BCUT2D eigenvalue weighted by Crippen LogP contribution is -2.38. The Kier molecular flexibility index (Phi) is 4.66. The normalized spacial score (nSPS) is 20.6. The van der Waals surface area contributed by atoms with Gasteiger partial charge in [0.1, 0.15) is 0 Å². The summed E-state index contributed by atoms with van der Waals surface area (Å²) in [6.45, 7) is 1.92. The highest BCUT2D eigenvalue weighted by Gasteiger charge is 2.22. The van der Waals surface area contributed by atoms with Crippen molar-refractivity contribution in [2.75, 3.05) is 24.6 Å². The second-order valence-electron chi connectivity index (χ2n) is 4.78. The van der Waals surface area contributed by atoms with Crippen molar-refractivity contribution in [2.45, 2.75) is 12.8 Å². The first-order chi connectivity index (χ1) is 9.15. The van der Waals surface area contributed by atoms with Crippen LogP contribution in [0.25, 0.3) is 0 Å². The van der Waals surface area contributed by atoms with Crippen LogP contribution < -0.4 is 10.6 Å². The summed E-state index contributed by atoms with van der Waals surface area (Å²) in [6.07, 6.45) is 2.08. The number of halogens is 1. The lowest BCUT2D eigenvalue weighted by atomic mass is 9.97. The molecule has 19 heavy (non-hydrogen) atoms. The van der Waals surface area contributed by atoms with Gasteiger partial charge in [0.15, 0.2) is 5.84 Å². The number of hydrogen-bond acceptors (Lipinski definition) is 4. The Balaban J connectivity index is 2.33. The van der Waals surface area contributed by atoms with Crippen molar-refractivity contribution in [3.05, 3.63) is 28.2 Å². The van der Waals surface area contributed by atoms with Crippen LogP contribution >= 0.6 is 15.9 Å². The summed E-state index contributed by atoms with van der Waals surface area (Å²) < 4.78 is 0.883. The molecule has 4 N–H and O–H groups in total. The quantitative estimate of drug-likeness (QED) is 0.342. The molecular formula is C13H18BrN3O2. The highest BCUT2D eigenvalue weighted by molar-refractivity contribution is 9.10. The maximum Gasteiger partial charge on any atom is 0.172 e. The van der Waals surface area contributed by atoms with Crippen LogP contribution in [0.1, 0.15) is 18.4 Å². The second-order valence-corrected chi connectivity index (χ2v) is 5.70. The summed E-state index contributed by atoms with van der Waals surface area (Å²) in [4.78, 5) is 2.18. The second kappa shape index (κ2) is 6.25. The van der Waals surface area contributed by atoms with Crippen LogP contribution in [0.3, 0.4) is 0 Å². The predicted molar refractivity (Wildman–Crippen MR) is 78.7 cm³/mol. The van der Waals surface area contributed by atoms with Crippen LogP contribution in [-0.2, 0) is 0 Å². The average molecular weight is 328 g/mol. The summed E-state index contributed by atoms with van der Waals surface area (Å²) in [7, 11) is 0. The molecule has 1 saturated heterocycles. The first kappa shape index (κ1) is 14.1. The van der Waals surface area contributed by atoms with Gasteiger partial charge >= 0.3 is 0 Å². The van der Waals surface area contributed by atoms with Crippen LogP contribution in [0.5, 0.6) is 0 Å². The maximum absolute atomic E-state index is 9.30. The highest BCUT2D eigenvalue weighted by Crippen LogP contribution is 2.28. The minimum Gasteiger partial charge on any atom is -0.409 e. The largest absolute Gasteiger partial charge is 0.409 e. The monoisotopic (exact) mass is 327 g/mol. The van der Waals surface area contributed by atoms with Crippen LogP contribution in [-0.4, -0.2) is 35.8 Å². The minimum absolute atomic E-state index is 0.0995. The van der Waals surface area contributed by atoms with E-state index < -0.39 is 0 Å². The third kappa shape index (κ3) is 3.19. The zero-order chi connectivity index (χ0) is 13.8. The average Bonchev–Trinajstić information content (AvgIpc) is 2.46. The molecule has 1 aromatic rings. The summed E-state index contributed by atoms with van der Waals surface area (Å²) >= 11 is 3.39. The van der Waals surface area contributed by atoms with E-state index in [0.717, 1.165) is 36.1 Å². The smallest absolute Gasteiger partial charge is 0.172 e. The SMILES string of the molecule is N/C(=N/O)c1cc(Br)ccc1N1CCCC(CO)C1. The van der Waals surface area contributed by atoms with E-state index in [-0.39, 0.29) is 18.4 Å². The number of piperidine rings is 1. The lowest BCUT2D eigenvalue weighted by Gasteiger charge is -2.34. The number of amidine groups is 1. The maximum atomic E-state index is 9.30. The third-order valence-corrected chi connectivity index (χ3v) is 3.95. The van der Waals surface area contributed by atoms with Gasteiger partial charge in [0, 0.05) is 35.4 Å². The van der Waals surface area contributed by atoms with E-state index in [1.165, 1.54) is 0 Å². The van der Waals surface area contributed by atoms with Crippen molar-refractivity contribution >= 4 is 27.5 Å². The molecule has 1 aliphatic rings. The number of nitrogens with zero attached hydrogens (tertiary/aromatic N) is 2. The number of nitrogens with two attached hydrogens (primary N) is 1. The minimum atomic E-state index is 0.0995. The molecule has 1 aliphatic heterocycles. The summed E-state index contributed by atoms with van der Waals surface area (Å²) in [6, 6.07) is 5.73. The van der Waals surface area contributed by atoms with E-state index in [9.17, 15) is 5.11 Å². The highest BCUT2D eigenvalue weighted by atomic mass is 79.9. The van der Waals surface area contributed by atoms with Gasteiger partial charge in [0.25, 0.3) is 0 Å². The van der Waals surface area contributed by atoms with Gasteiger partial charge in [-0.2, -0.15) is 0 Å².